The van der Waals surface area contributed by atoms with Gasteiger partial charge in [0.05, 0.1) is 36.9 Å². The van der Waals surface area contributed by atoms with Gasteiger partial charge in [-0.2, -0.15) is 0 Å². The predicted octanol–water partition coefficient (Wildman–Crippen LogP) is 7.13. The third-order valence-corrected chi connectivity index (χ3v) is 9.39. The van der Waals surface area contributed by atoms with Crippen molar-refractivity contribution < 1.29 is 43.2 Å². The maximum absolute atomic E-state index is 14.4. The first-order valence-electron chi connectivity index (χ1n) is 16.6. The van der Waals surface area contributed by atoms with Crippen molar-refractivity contribution in [1.82, 2.24) is 9.80 Å². The summed E-state index contributed by atoms with van der Waals surface area (Å²) in [5.74, 6) is 1.50. The number of carbonyl (C=O) groups excluding carboxylic acids is 2. The lowest BCUT2D eigenvalue weighted by Crippen LogP contribution is -2.43. The summed E-state index contributed by atoms with van der Waals surface area (Å²) in [7, 11) is 1.54. The largest absolute Gasteiger partial charge is 0.493 e. The Balaban J connectivity index is 1.28. The maximum atomic E-state index is 14.4. The molecule has 52 heavy (non-hydrogen) atoms. The van der Waals surface area contributed by atoms with Crippen LogP contribution in [-0.4, -0.2) is 92.8 Å². The van der Waals surface area contributed by atoms with Crippen LogP contribution in [0.3, 0.4) is 0 Å². The second-order valence-corrected chi connectivity index (χ2v) is 13.0. The summed E-state index contributed by atoms with van der Waals surface area (Å²) >= 11 is 18.9. The van der Waals surface area contributed by atoms with Crippen molar-refractivity contribution >= 4 is 52.4 Å². The zero-order valence-corrected chi connectivity index (χ0v) is 30.7. The number of rotatable bonds is 18. The molecule has 1 aliphatic heterocycles. The third-order valence-electron chi connectivity index (χ3n) is 8.30. The van der Waals surface area contributed by atoms with Crippen molar-refractivity contribution in [3.8, 4) is 17.2 Å². The summed E-state index contributed by atoms with van der Waals surface area (Å²) in [5.41, 5.74) is 2.84. The van der Waals surface area contributed by atoms with Crippen molar-refractivity contribution in [3.05, 3.63) is 103 Å². The average molecular weight is 779 g/mol. The number of nitrogens with zero attached hydrogens (tertiary/aromatic N) is 3. The molecule has 0 atom stereocenters. The first-order chi connectivity index (χ1) is 25.1. The molecule has 278 valence electrons. The van der Waals surface area contributed by atoms with E-state index in [1.807, 2.05) is 30.3 Å². The van der Waals surface area contributed by atoms with Crippen LogP contribution in [-0.2, 0) is 25.7 Å². The molecule has 0 radical (unpaired) electrons. The van der Waals surface area contributed by atoms with E-state index in [1.165, 1.54) is 4.90 Å². The highest BCUT2D eigenvalue weighted by molar-refractivity contribution is 6.42. The van der Waals surface area contributed by atoms with E-state index < -0.39 is 11.2 Å². The molecule has 1 fully saturated rings. The standard InChI is InChI=1S/C36H38Cl3N3O10/c1-47-33-21-26(37)7-12-32(33)50-19-18-49-28-10-5-24(6-11-28)29-13-14-40(36(44)51-17-15-48-16-20-52-42(45)46)23-30(29)35(43)41(27-8-9-27)22-25-3-2-4-31(38)34(25)39/h2-7,10-12,21,27H,8-9,13-20,22-23H2,1H3. The number of halogens is 3. The molecule has 2 aliphatic rings. The van der Waals surface area contributed by atoms with Gasteiger partial charge in [0.1, 0.15) is 32.2 Å². The number of carbonyl (C=O) groups is 2. The highest BCUT2D eigenvalue weighted by Crippen LogP contribution is 2.36. The monoisotopic (exact) mass is 777 g/mol. The van der Waals surface area contributed by atoms with E-state index in [9.17, 15) is 19.7 Å². The molecule has 2 amide bonds. The van der Waals surface area contributed by atoms with Gasteiger partial charge in [0.2, 0.25) is 0 Å². The first-order valence-corrected chi connectivity index (χ1v) is 17.7. The van der Waals surface area contributed by atoms with Gasteiger partial charge in [0, 0.05) is 35.8 Å². The van der Waals surface area contributed by atoms with Crippen molar-refractivity contribution in [2.75, 3.05) is 59.8 Å². The van der Waals surface area contributed by atoms with E-state index in [-0.39, 0.29) is 64.7 Å². The Labute approximate surface area is 315 Å². The Morgan fingerprint density at radius 1 is 0.923 bits per heavy atom. The third kappa shape index (κ3) is 10.8. The summed E-state index contributed by atoms with van der Waals surface area (Å²) in [6.07, 6.45) is 1.50. The summed E-state index contributed by atoms with van der Waals surface area (Å²) in [4.78, 5) is 45.3. The summed E-state index contributed by atoms with van der Waals surface area (Å²) in [6.45, 7) is 0.839. The molecule has 0 N–H and O–H groups in total. The van der Waals surface area contributed by atoms with E-state index in [2.05, 4.69) is 4.84 Å². The van der Waals surface area contributed by atoms with E-state index >= 15 is 0 Å². The molecule has 5 rings (SSSR count). The fourth-order valence-electron chi connectivity index (χ4n) is 5.59. The molecule has 0 unspecified atom stereocenters. The molecular formula is C36H38Cl3N3O10. The molecule has 3 aromatic rings. The van der Waals surface area contributed by atoms with E-state index in [0.29, 0.717) is 50.9 Å². The summed E-state index contributed by atoms with van der Waals surface area (Å²) < 4.78 is 27.7. The highest BCUT2D eigenvalue weighted by atomic mass is 35.5. The van der Waals surface area contributed by atoms with E-state index in [1.54, 1.807) is 42.3 Å². The molecule has 0 spiro atoms. The van der Waals surface area contributed by atoms with E-state index in [4.69, 9.17) is 58.5 Å². The van der Waals surface area contributed by atoms with Gasteiger partial charge in [-0.3, -0.25) is 4.79 Å². The lowest BCUT2D eigenvalue weighted by Gasteiger charge is -2.33. The van der Waals surface area contributed by atoms with Gasteiger partial charge in [0.25, 0.3) is 11.0 Å². The highest BCUT2D eigenvalue weighted by Gasteiger charge is 2.37. The Kier molecular flexibility index (Phi) is 14.1. The molecular weight excluding hydrogens is 741 g/mol. The molecule has 0 saturated heterocycles. The zero-order valence-electron chi connectivity index (χ0n) is 28.4. The van der Waals surface area contributed by atoms with Gasteiger partial charge in [-0.25, -0.2) is 4.79 Å². The fraction of sp³-hybridized carbons (Fsp3) is 0.389. The Morgan fingerprint density at radius 3 is 2.40 bits per heavy atom. The van der Waals surface area contributed by atoms with Gasteiger partial charge < -0.3 is 38.3 Å². The lowest BCUT2D eigenvalue weighted by molar-refractivity contribution is -0.758. The van der Waals surface area contributed by atoms with Crippen LogP contribution < -0.4 is 14.2 Å². The Hall–Kier alpha value is -4.43. The predicted molar refractivity (Wildman–Crippen MR) is 194 cm³/mol. The van der Waals surface area contributed by atoms with Gasteiger partial charge in [0.15, 0.2) is 11.5 Å². The van der Waals surface area contributed by atoms with Crippen molar-refractivity contribution in [2.24, 2.45) is 0 Å². The van der Waals surface area contributed by atoms with Crippen LogP contribution in [0.1, 0.15) is 30.4 Å². The molecule has 1 aliphatic carbocycles. The molecule has 1 saturated carbocycles. The fourth-order valence-corrected chi connectivity index (χ4v) is 6.13. The topological polar surface area (TPSA) is 139 Å². The SMILES string of the molecule is COc1cc(Cl)ccc1OCCOc1ccc(C2=C(C(=O)N(Cc3cccc(Cl)c3Cl)C3CC3)CN(C(=O)OCCOCCO[N+](=O)[O-])CC2)cc1. The van der Waals surface area contributed by atoms with Crippen LogP contribution in [0.4, 0.5) is 4.79 Å². The summed E-state index contributed by atoms with van der Waals surface area (Å²) in [5, 5.41) is 10.7. The van der Waals surface area contributed by atoms with Crippen LogP contribution in [0.15, 0.2) is 66.2 Å². The van der Waals surface area contributed by atoms with Crippen LogP contribution in [0.5, 0.6) is 17.2 Å². The van der Waals surface area contributed by atoms with Gasteiger partial charge in [-0.1, -0.05) is 59.1 Å². The quantitative estimate of drug-likeness (QED) is 0.0745. The number of ether oxygens (including phenoxy) is 5. The second kappa shape index (κ2) is 18.9. The van der Waals surface area contributed by atoms with Gasteiger partial charge >= 0.3 is 6.09 Å². The average Bonchev–Trinajstić information content (AvgIpc) is 3.99. The van der Waals surface area contributed by atoms with Crippen LogP contribution in [0, 0.1) is 10.1 Å². The number of hydrogen-bond donors (Lipinski definition) is 0. The minimum absolute atomic E-state index is 0.0270. The molecule has 13 nitrogen and oxygen atoms in total. The number of hydrogen-bond acceptors (Lipinski definition) is 10. The molecule has 3 aromatic carbocycles. The van der Waals surface area contributed by atoms with Crippen molar-refractivity contribution in [3.63, 3.8) is 0 Å². The van der Waals surface area contributed by atoms with Crippen LogP contribution in [0.2, 0.25) is 15.1 Å². The minimum atomic E-state index is -0.907. The molecule has 1 heterocycles. The van der Waals surface area contributed by atoms with E-state index in [0.717, 1.165) is 29.5 Å². The van der Waals surface area contributed by atoms with Crippen LogP contribution in [0.25, 0.3) is 5.57 Å². The normalized spacial score (nSPS) is 14.1. The number of amides is 2. The zero-order chi connectivity index (χ0) is 37.0. The Bertz CT molecular complexity index is 1750. The smallest absolute Gasteiger partial charge is 0.410 e. The number of benzene rings is 3. The minimum Gasteiger partial charge on any atom is -0.493 e. The summed E-state index contributed by atoms with van der Waals surface area (Å²) in [6, 6.07) is 17.9. The lowest BCUT2D eigenvalue weighted by atomic mass is 9.92. The second-order valence-electron chi connectivity index (χ2n) is 11.8. The van der Waals surface area contributed by atoms with Crippen LogP contribution >= 0.6 is 34.8 Å². The Morgan fingerprint density at radius 2 is 1.67 bits per heavy atom. The first kappa shape index (κ1) is 38.8. The van der Waals surface area contributed by atoms with Gasteiger partial charge in [-0.15, -0.1) is 10.1 Å². The number of methoxy groups -OCH3 is 1. The molecule has 0 aromatic heterocycles. The van der Waals surface area contributed by atoms with Crippen molar-refractivity contribution in [2.45, 2.75) is 31.8 Å². The maximum Gasteiger partial charge on any atom is 0.410 e. The molecule has 16 heteroatoms. The molecule has 0 bridgehead atoms. The van der Waals surface area contributed by atoms with Gasteiger partial charge in [-0.05, 0) is 66.3 Å². The van der Waals surface area contributed by atoms with Crippen molar-refractivity contribution in [1.29, 1.82) is 0 Å².